The molecule has 142 valence electrons. The Kier molecular flexibility index (Phi) is 5.64. The third kappa shape index (κ3) is 4.38. The molecule has 28 heavy (non-hydrogen) atoms. The van der Waals surface area contributed by atoms with E-state index in [-0.39, 0.29) is 5.91 Å². The predicted molar refractivity (Wildman–Crippen MR) is 111 cm³/mol. The molecule has 0 bridgehead atoms. The molecule has 4 rings (SSSR count). The van der Waals surface area contributed by atoms with Gasteiger partial charge in [-0.15, -0.1) is 0 Å². The number of piperazine rings is 1. The van der Waals surface area contributed by atoms with Crippen LogP contribution in [0.3, 0.4) is 0 Å². The molecule has 0 unspecified atom stereocenters. The van der Waals surface area contributed by atoms with Crippen molar-refractivity contribution in [2.24, 2.45) is 0 Å². The van der Waals surface area contributed by atoms with Crippen LogP contribution in [0, 0.1) is 0 Å². The van der Waals surface area contributed by atoms with Gasteiger partial charge in [0.05, 0.1) is 0 Å². The van der Waals surface area contributed by atoms with Gasteiger partial charge in [-0.2, -0.15) is 0 Å². The first-order valence-corrected chi connectivity index (χ1v) is 9.62. The zero-order valence-electron chi connectivity index (χ0n) is 15.8. The van der Waals surface area contributed by atoms with Crippen molar-refractivity contribution in [1.82, 2.24) is 19.4 Å². The molecule has 3 aromatic rings. The molecule has 0 N–H and O–H groups in total. The Morgan fingerprint density at radius 1 is 0.964 bits per heavy atom. The summed E-state index contributed by atoms with van der Waals surface area (Å²) in [6.45, 7) is 4.11. The molecule has 0 saturated carbocycles. The van der Waals surface area contributed by atoms with Crippen molar-refractivity contribution in [2.45, 2.75) is 0 Å². The molecule has 1 aliphatic rings. The van der Waals surface area contributed by atoms with Crippen molar-refractivity contribution in [3.05, 3.63) is 90.5 Å². The van der Waals surface area contributed by atoms with Gasteiger partial charge in [0.15, 0.2) is 0 Å². The van der Waals surface area contributed by atoms with Crippen molar-refractivity contribution >= 4 is 12.0 Å². The molecular weight excluding hydrogens is 348 g/mol. The summed E-state index contributed by atoms with van der Waals surface area (Å²) in [4.78, 5) is 21.4. The van der Waals surface area contributed by atoms with E-state index in [1.807, 2.05) is 64.3 Å². The van der Waals surface area contributed by atoms with Crippen LogP contribution in [0.2, 0.25) is 0 Å². The van der Waals surface area contributed by atoms with Crippen molar-refractivity contribution in [3.8, 4) is 5.69 Å². The van der Waals surface area contributed by atoms with E-state index in [9.17, 15) is 4.79 Å². The van der Waals surface area contributed by atoms with Gasteiger partial charge in [0.1, 0.15) is 5.69 Å². The summed E-state index contributed by atoms with van der Waals surface area (Å²) in [5.41, 5.74) is 2.67. The van der Waals surface area contributed by atoms with Crippen LogP contribution in [0.4, 0.5) is 0 Å². The van der Waals surface area contributed by atoms with Crippen molar-refractivity contribution in [2.75, 3.05) is 32.7 Å². The van der Waals surface area contributed by atoms with Crippen LogP contribution in [-0.2, 0) is 0 Å². The second-order valence-electron chi connectivity index (χ2n) is 6.90. The number of pyridine rings is 1. The van der Waals surface area contributed by atoms with Gasteiger partial charge in [-0.1, -0.05) is 42.5 Å². The molecule has 5 nitrogen and oxygen atoms in total. The maximum absolute atomic E-state index is 12.8. The van der Waals surface area contributed by atoms with E-state index in [4.69, 9.17) is 0 Å². The molecule has 0 aliphatic carbocycles. The lowest BCUT2D eigenvalue weighted by molar-refractivity contribution is 0.0644. The van der Waals surface area contributed by atoms with Crippen LogP contribution in [0.1, 0.15) is 16.1 Å². The lowest BCUT2D eigenvalue weighted by Crippen LogP contribution is -2.48. The SMILES string of the molecule is O=C(c1cc(-n2cccc2)ccn1)N1CCN(CC=Cc2ccccc2)CC1. The van der Waals surface area contributed by atoms with E-state index < -0.39 is 0 Å². The lowest BCUT2D eigenvalue weighted by atomic mass is 10.2. The van der Waals surface area contributed by atoms with Crippen molar-refractivity contribution in [1.29, 1.82) is 0 Å². The molecule has 1 amide bonds. The highest BCUT2D eigenvalue weighted by Gasteiger charge is 2.22. The second-order valence-corrected chi connectivity index (χ2v) is 6.90. The molecule has 0 radical (unpaired) electrons. The lowest BCUT2D eigenvalue weighted by Gasteiger charge is -2.34. The number of benzene rings is 1. The second kappa shape index (κ2) is 8.67. The summed E-state index contributed by atoms with van der Waals surface area (Å²) >= 11 is 0. The average molecular weight is 372 g/mol. The van der Waals surface area contributed by atoms with Gasteiger partial charge in [0.2, 0.25) is 0 Å². The molecule has 0 atom stereocenters. The van der Waals surface area contributed by atoms with Gasteiger partial charge < -0.3 is 9.47 Å². The first kappa shape index (κ1) is 18.2. The van der Waals surface area contributed by atoms with Gasteiger partial charge in [-0.3, -0.25) is 14.7 Å². The van der Waals surface area contributed by atoms with Crippen LogP contribution in [0.25, 0.3) is 11.8 Å². The molecule has 1 saturated heterocycles. The Balaban J connectivity index is 1.32. The maximum Gasteiger partial charge on any atom is 0.272 e. The molecule has 2 aromatic heterocycles. The maximum atomic E-state index is 12.8. The topological polar surface area (TPSA) is 41.4 Å². The summed E-state index contributed by atoms with van der Waals surface area (Å²) in [6, 6.07) is 18.0. The van der Waals surface area contributed by atoms with E-state index in [0.29, 0.717) is 5.69 Å². The number of hydrogen-bond donors (Lipinski definition) is 0. The minimum absolute atomic E-state index is 0.00786. The summed E-state index contributed by atoms with van der Waals surface area (Å²) in [7, 11) is 0. The molecule has 0 spiro atoms. The van der Waals surface area contributed by atoms with Crippen LogP contribution >= 0.6 is 0 Å². The molecule has 1 aromatic carbocycles. The fourth-order valence-electron chi connectivity index (χ4n) is 3.40. The van der Waals surface area contributed by atoms with Crippen LogP contribution in [-0.4, -0.2) is 58.0 Å². The quantitative estimate of drug-likeness (QED) is 0.690. The first-order valence-electron chi connectivity index (χ1n) is 9.62. The number of carbonyl (C=O) groups excluding carboxylic acids is 1. The van der Waals surface area contributed by atoms with E-state index in [1.54, 1.807) is 6.20 Å². The Morgan fingerprint density at radius 2 is 1.71 bits per heavy atom. The highest BCUT2D eigenvalue weighted by atomic mass is 16.2. The normalized spacial score (nSPS) is 15.2. The van der Waals surface area contributed by atoms with E-state index in [1.165, 1.54) is 5.56 Å². The van der Waals surface area contributed by atoms with Gasteiger partial charge >= 0.3 is 0 Å². The van der Waals surface area contributed by atoms with Crippen molar-refractivity contribution < 1.29 is 4.79 Å². The first-order chi connectivity index (χ1) is 13.8. The summed E-state index contributed by atoms with van der Waals surface area (Å²) in [5.74, 6) is 0.00786. The monoisotopic (exact) mass is 372 g/mol. The van der Waals surface area contributed by atoms with Gasteiger partial charge in [-0.25, -0.2) is 0 Å². The number of carbonyl (C=O) groups is 1. The smallest absolute Gasteiger partial charge is 0.272 e. The molecule has 3 heterocycles. The number of hydrogen-bond acceptors (Lipinski definition) is 3. The molecular formula is C23H24N4O. The highest BCUT2D eigenvalue weighted by Crippen LogP contribution is 2.12. The molecule has 1 aliphatic heterocycles. The predicted octanol–water partition coefficient (Wildman–Crippen LogP) is 3.34. The van der Waals surface area contributed by atoms with E-state index >= 15 is 0 Å². The summed E-state index contributed by atoms with van der Waals surface area (Å²) in [5, 5.41) is 0. The summed E-state index contributed by atoms with van der Waals surface area (Å²) < 4.78 is 1.98. The number of rotatable bonds is 5. The van der Waals surface area contributed by atoms with E-state index in [0.717, 1.165) is 38.4 Å². The minimum atomic E-state index is 0.00786. The Labute approximate surface area is 165 Å². The summed E-state index contributed by atoms with van der Waals surface area (Å²) in [6.07, 6.45) is 9.97. The molecule has 5 heteroatoms. The zero-order chi connectivity index (χ0) is 19.2. The van der Waals surface area contributed by atoms with Gasteiger partial charge in [0, 0.05) is 57.0 Å². The third-order valence-electron chi connectivity index (χ3n) is 5.00. The van der Waals surface area contributed by atoms with Crippen LogP contribution in [0.15, 0.2) is 79.3 Å². The number of amides is 1. The largest absolute Gasteiger partial charge is 0.335 e. The Hall–Kier alpha value is -3.18. The van der Waals surface area contributed by atoms with E-state index in [2.05, 4.69) is 34.2 Å². The minimum Gasteiger partial charge on any atom is -0.335 e. The van der Waals surface area contributed by atoms with Crippen LogP contribution in [0.5, 0.6) is 0 Å². The van der Waals surface area contributed by atoms with Gasteiger partial charge in [-0.05, 0) is 29.8 Å². The van der Waals surface area contributed by atoms with Crippen molar-refractivity contribution in [3.63, 3.8) is 0 Å². The number of nitrogens with zero attached hydrogens (tertiary/aromatic N) is 4. The Morgan fingerprint density at radius 3 is 2.46 bits per heavy atom. The number of aromatic nitrogens is 2. The third-order valence-corrected chi connectivity index (χ3v) is 5.00. The highest BCUT2D eigenvalue weighted by molar-refractivity contribution is 5.92. The Bertz CT molecular complexity index is 926. The zero-order valence-corrected chi connectivity index (χ0v) is 15.8. The average Bonchev–Trinajstić information content (AvgIpc) is 3.30. The fraction of sp³-hybridized carbons (Fsp3) is 0.217. The standard InChI is InChI=1S/C23H24N4O/c28-23(22-19-21(10-11-24-22)26-13-4-5-14-26)27-17-15-25(16-18-27)12-6-9-20-7-2-1-3-8-20/h1-11,13-14,19H,12,15-18H2. The fourth-order valence-corrected chi connectivity index (χ4v) is 3.40. The van der Waals surface area contributed by atoms with Crippen LogP contribution < -0.4 is 0 Å². The molecule has 1 fully saturated rings. The van der Waals surface area contributed by atoms with Gasteiger partial charge in [0.25, 0.3) is 5.91 Å².